The fourth-order valence-electron chi connectivity index (χ4n) is 2.30. The third-order valence-electron chi connectivity index (χ3n) is 3.55. The van der Waals surface area contributed by atoms with Gasteiger partial charge in [0.2, 0.25) is 6.41 Å². The Hall–Kier alpha value is -2.21. The highest BCUT2D eigenvalue weighted by Crippen LogP contribution is 2.35. The van der Waals surface area contributed by atoms with Crippen LogP contribution < -0.4 is 15.5 Å². The van der Waals surface area contributed by atoms with E-state index < -0.39 is 5.91 Å². The molecule has 0 saturated carbocycles. The Labute approximate surface area is 117 Å². The molecule has 20 heavy (non-hydrogen) atoms. The van der Waals surface area contributed by atoms with Crippen molar-refractivity contribution in [1.82, 2.24) is 10.6 Å². The smallest absolute Gasteiger partial charge is 0.275 e. The van der Waals surface area contributed by atoms with Gasteiger partial charge < -0.3 is 4.90 Å². The Morgan fingerprint density at radius 1 is 1.35 bits per heavy atom. The van der Waals surface area contributed by atoms with E-state index in [9.17, 15) is 9.59 Å². The van der Waals surface area contributed by atoms with Crippen molar-refractivity contribution in [2.24, 2.45) is 4.99 Å². The van der Waals surface area contributed by atoms with Crippen LogP contribution in [0.1, 0.15) is 11.1 Å². The second kappa shape index (κ2) is 5.42. The molecule has 1 unspecified atom stereocenters. The summed E-state index contributed by atoms with van der Waals surface area (Å²) in [4.78, 5) is 28.7. The van der Waals surface area contributed by atoms with Crippen LogP contribution in [0.25, 0.3) is 0 Å². The van der Waals surface area contributed by atoms with Gasteiger partial charge in [-0.15, -0.1) is 0 Å². The average Bonchev–Trinajstić information content (AvgIpc) is 2.41. The Balaban J connectivity index is 2.56. The van der Waals surface area contributed by atoms with Gasteiger partial charge in [0.25, 0.3) is 5.91 Å². The van der Waals surface area contributed by atoms with Gasteiger partial charge in [0.05, 0.1) is 11.4 Å². The maximum absolute atomic E-state index is 11.9. The Kier molecular flexibility index (Phi) is 3.85. The predicted octanol–water partition coefficient (Wildman–Crippen LogP) is 0.644. The van der Waals surface area contributed by atoms with Crippen molar-refractivity contribution in [2.75, 3.05) is 19.0 Å². The van der Waals surface area contributed by atoms with Crippen molar-refractivity contribution in [3.05, 3.63) is 23.3 Å². The largest absolute Gasteiger partial charge is 0.352 e. The topological polar surface area (TPSA) is 73.8 Å². The van der Waals surface area contributed by atoms with Crippen LogP contribution in [0.15, 0.2) is 17.1 Å². The van der Waals surface area contributed by atoms with Gasteiger partial charge in [-0.1, -0.05) is 0 Å². The van der Waals surface area contributed by atoms with Crippen LogP contribution in [0, 0.1) is 13.8 Å². The number of nitrogens with one attached hydrogen (secondary N) is 2. The first kappa shape index (κ1) is 14.2. The van der Waals surface area contributed by atoms with E-state index in [0.29, 0.717) is 6.41 Å². The maximum Gasteiger partial charge on any atom is 0.275 e. The van der Waals surface area contributed by atoms with Gasteiger partial charge in [-0.2, -0.15) is 0 Å². The lowest BCUT2D eigenvalue weighted by molar-refractivity contribution is -0.120. The number of rotatable bonds is 3. The number of imide groups is 1. The van der Waals surface area contributed by atoms with Crippen LogP contribution in [0.5, 0.6) is 0 Å². The molecule has 2 N–H and O–H groups in total. The number of benzene rings is 1. The summed E-state index contributed by atoms with van der Waals surface area (Å²) in [5, 5.41) is 5.18. The molecule has 1 aliphatic heterocycles. The number of hydrogen-bond acceptors (Lipinski definition) is 5. The van der Waals surface area contributed by atoms with Gasteiger partial charge in [-0.3, -0.25) is 20.2 Å². The number of carbonyl (C=O) groups is 2. The summed E-state index contributed by atoms with van der Waals surface area (Å²) in [6.45, 7) is 4.04. The lowest BCUT2D eigenvalue weighted by atomic mass is 10.0. The van der Waals surface area contributed by atoms with Gasteiger partial charge in [-0.25, -0.2) is 4.99 Å². The van der Waals surface area contributed by atoms with E-state index in [1.165, 1.54) is 5.56 Å². The fraction of sp³-hybridized carbons (Fsp3) is 0.357. The molecule has 1 aliphatic rings. The number of fused-ring (bicyclic) bond motifs is 1. The highest BCUT2D eigenvalue weighted by Gasteiger charge is 2.31. The molecule has 2 amide bonds. The Bertz CT molecular complexity index is 595. The lowest BCUT2D eigenvalue weighted by Crippen LogP contribution is -2.54. The first-order chi connectivity index (χ1) is 9.49. The van der Waals surface area contributed by atoms with Crippen molar-refractivity contribution in [3.63, 3.8) is 0 Å². The van der Waals surface area contributed by atoms with E-state index >= 15 is 0 Å². The minimum absolute atomic E-state index is 0.276. The zero-order chi connectivity index (χ0) is 14.9. The number of nitrogens with zero attached hydrogens (tertiary/aromatic N) is 2. The molecule has 1 heterocycles. The quantitative estimate of drug-likeness (QED) is 0.793. The number of anilines is 1. The van der Waals surface area contributed by atoms with Gasteiger partial charge >= 0.3 is 0 Å². The summed E-state index contributed by atoms with van der Waals surface area (Å²) in [7, 11) is 3.63. The molecule has 106 valence electrons. The van der Waals surface area contributed by atoms with E-state index in [-0.39, 0.29) is 11.9 Å². The lowest BCUT2D eigenvalue weighted by Gasteiger charge is -2.34. The van der Waals surface area contributed by atoms with Crippen LogP contribution in [0.2, 0.25) is 0 Å². The fourth-order valence-corrected chi connectivity index (χ4v) is 2.30. The first-order valence-electron chi connectivity index (χ1n) is 6.34. The van der Waals surface area contributed by atoms with Gasteiger partial charge in [-0.05, 0) is 44.2 Å². The van der Waals surface area contributed by atoms with Gasteiger partial charge in [0.1, 0.15) is 11.9 Å². The van der Waals surface area contributed by atoms with Gasteiger partial charge in [0, 0.05) is 7.05 Å². The van der Waals surface area contributed by atoms with E-state index in [1.54, 1.807) is 7.05 Å². The molecule has 1 aromatic rings. The Morgan fingerprint density at radius 3 is 2.60 bits per heavy atom. The third kappa shape index (κ3) is 2.30. The standard InChI is InChI=1S/C14H18N4O2/c1-8-5-10-11(6-9(8)2)18(4)13(15-3)12(17-10)14(20)16-7-19/h5-7,13,15H,1-4H3,(H,16,19,20). The molecule has 6 nitrogen and oxygen atoms in total. The number of amides is 2. The van der Waals surface area contributed by atoms with E-state index in [0.717, 1.165) is 16.9 Å². The molecule has 0 aliphatic carbocycles. The molecular weight excluding hydrogens is 256 g/mol. The van der Waals surface area contributed by atoms with E-state index in [1.807, 2.05) is 37.9 Å². The van der Waals surface area contributed by atoms with Crippen LogP contribution >= 0.6 is 0 Å². The first-order valence-corrected chi connectivity index (χ1v) is 6.34. The molecule has 0 saturated heterocycles. The summed E-state index contributed by atoms with van der Waals surface area (Å²) in [5.74, 6) is -0.491. The summed E-state index contributed by atoms with van der Waals surface area (Å²) < 4.78 is 0. The number of aliphatic imine (C=N–C) groups is 1. The number of carbonyl (C=O) groups excluding carboxylic acids is 2. The Morgan fingerprint density at radius 2 is 2.00 bits per heavy atom. The summed E-state index contributed by atoms with van der Waals surface area (Å²) in [6, 6.07) is 3.99. The number of aryl methyl sites for hydroxylation is 2. The SMILES string of the molecule is CNC1C(C(=O)NC=O)=Nc2cc(C)c(C)cc2N1C. The third-order valence-corrected chi connectivity index (χ3v) is 3.55. The molecule has 0 fully saturated rings. The number of hydrogen-bond donors (Lipinski definition) is 2. The minimum Gasteiger partial charge on any atom is -0.352 e. The van der Waals surface area contributed by atoms with E-state index in [2.05, 4.69) is 15.6 Å². The molecule has 2 rings (SSSR count). The monoisotopic (exact) mass is 274 g/mol. The molecular formula is C14H18N4O2. The van der Waals surface area contributed by atoms with Crippen LogP contribution in [0.4, 0.5) is 11.4 Å². The summed E-state index contributed by atoms with van der Waals surface area (Å²) in [6.07, 6.45) is -0.00225. The molecule has 0 radical (unpaired) electrons. The van der Waals surface area contributed by atoms with Crippen LogP contribution in [-0.4, -0.2) is 38.3 Å². The highest BCUT2D eigenvalue weighted by atomic mass is 16.2. The van der Waals surface area contributed by atoms with E-state index in [4.69, 9.17) is 0 Å². The van der Waals surface area contributed by atoms with Crippen molar-refractivity contribution in [2.45, 2.75) is 20.0 Å². The molecule has 1 atom stereocenters. The second-order valence-electron chi connectivity index (χ2n) is 4.82. The summed E-state index contributed by atoms with van der Waals surface area (Å²) in [5.41, 5.74) is 4.24. The zero-order valence-corrected chi connectivity index (χ0v) is 12.0. The molecule has 0 bridgehead atoms. The molecule has 0 spiro atoms. The maximum atomic E-state index is 11.9. The van der Waals surface area contributed by atoms with Crippen molar-refractivity contribution < 1.29 is 9.59 Å². The predicted molar refractivity (Wildman–Crippen MR) is 78.5 cm³/mol. The van der Waals surface area contributed by atoms with Crippen LogP contribution in [-0.2, 0) is 9.59 Å². The highest BCUT2D eigenvalue weighted by molar-refractivity contribution is 6.43. The summed E-state index contributed by atoms with van der Waals surface area (Å²) >= 11 is 0. The second-order valence-corrected chi connectivity index (χ2v) is 4.82. The molecule has 0 aromatic heterocycles. The van der Waals surface area contributed by atoms with Crippen molar-refractivity contribution in [3.8, 4) is 0 Å². The normalized spacial score (nSPS) is 17.3. The van der Waals surface area contributed by atoms with Crippen molar-refractivity contribution >= 4 is 29.4 Å². The molecule has 1 aromatic carbocycles. The van der Waals surface area contributed by atoms with Crippen LogP contribution in [0.3, 0.4) is 0 Å². The molecule has 6 heteroatoms. The van der Waals surface area contributed by atoms with Crippen molar-refractivity contribution in [1.29, 1.82) is 0 Å². The average molecular weight is 274 g/mol. The zero-order valence-electron chi connectivity index (χ0n) is 12.0. The van der Waals surface area contributed by atoms with Gasteiger partial charge in [0.15, 0.2) is 0 Å². The minimum atomic E-state index is -0.491.